The fourth-order valence-electron chi connectivity index (χ4n) is 2.44. The topological polar surface area (TPSA) is 26.0 Å². The van der Waals surface area contributed by atoms with Gasteiger partial charge >= 0.3 is 0 Å². The molecule has 3 rings (SSSR count). The third-order valence-electron chi connectivity index (χ3n) is 3.44. The van der Waals surface area contributed by atoms with Gasteiger partial charge in [0.25, 0.3) is 0 Å². The van der Waals surface area contributed by atoms with Crippen molar-refractivity contribution in [3.63, 3.8) is 0 Å². The number of nitrogens with two attached hydrogens (primary N) is 1. The van der Waals surface area contributed by atoms with Crippen LogP contribution in [0.4, 0.5) is 5.69 Å². The Kier molecular flexibility index (Phi) is 1.91. The molecule has 1 saturated carbocycles. The van der Waals surface area contributed by atoms with Crippen LogP contribution in [-0.4, -0.2) is 0 Å². The maximum absolute atomic E-state index is 5.81. The van der Waals surface area contributed by atoms with Crippen LogP contribution in [0.5, 0.6) is 0 Å². The van der Waals surface area contributed by atoms with Gasteiger partial charge in [0, 0.05) is 11.6 Å². The molecule has 1 aromatic carbocycles. The van der Waals surface area contributed by atoms with E-state index >= 15 is 0 Å². The van der Waals surface area contributed by atoms with Gasteiger partial charge in [-0.05, 0) is 48.1 Å². The Morgan fingerprint density at radius 2 is 2.00 bits per heavy atom. The SMILES string of the molecule is Nc1cccc([C@@H]2C=C3CCC3=CC2)c1. The molecule has 0 radical (unpaired) electrons. The van der Waals surface area contributed by atoms with Crippen molar-refractivity contribution < 1.29 is 0 Å². The third kappa shape index (κ3) is 1.48. The monoisotopic (exact) mass is 197 g/mol. The van der Waals surface area contributed by atoms with E-state index in [1.165, 1.54) is 18.4 Å². The zero-order valence-electron chi connectivity index (χ0n) is 8.74. The molecule has 0 aromatic heterocycles. The van der Waals surface area contributed by atoms with Crippen molar-refractivity contribution in [2.45, 2.75) is 25.2 Å². The van der Waals surface area contributed by atoms with Crippen LogP contribution in [0.2, 0.25) is 0 Å². The Hall–Kier alpha value is -1.50. The fourth-order valence-corrected chi connectivity index (χ4v) is 2.44. The molecule has 1 atom stereocenters. The Morgan fingerprint density at radius 1 is 1.13 bits per heavy atom. The quantitative estimate of drug-likeness (QED) is 0.686. The Bertz CT molecular complexity index is 454. The second-order valence-corrected chi connectivity index (χ2v) is 4.43. The molecule has 0 unspecified atom stereocenters. The first-order valence-corrected chi connectivity index (χ1v) is 5.58. The van der Waals surface area contributed by atoms with Crippen molar-refractivity contribution in [3.05, 3.63) is 53.1 Å². The number of nitrogen functional groups attached to an aromatic ring is 1. The van der Waals surface area contributed by atoms with Crippen LogP contribution in [0.15, 0.2) is 47.6 Å². The van der Waals surface area contributed by atoms with Gasteiger partial charge < -0.3 is 5.73 Å². The minimum absolute atomic E-state index is 0.549. The normalized spacial score (nSPS) is 23.6. The van der Waals surface area contributed by atoms with Crippen molar-refractivity contribution in [3.8, 4) is 0 Å². The summed E-state index contributed by atoms with van der Waals surface area (Å²) in [5.41, 5.74) is 11.2. The van der Waals surface area contributed by atoms with Crippen LogP contribution in [0.25, 0.3) is 0 Å². The summed E-state index contributed by atoms with van der Waals surface area (Å²) < 4.78 is 0. The van der Waals surface area contributed by atoms with E-state index in [0.29, 0.717) is 5.92 Å². The molecule has 0 spiro atoms. The highest BCUT2D eigenvalue weighted by molar-refractivity contribution is 5.48. The van der Waals surface area contributed by atoms with Crippen LogP contribution < -0.4 is 5.73 Å². The second-order valence-electron chi connectivity index (χ2n) is 4.43. The molecule has 1 nitrogen and oxygen atoms in total. The lowest BCUT2D eigenvalue weighted by molar-refractivity contribution is 0.732. The maximum Gasteiger partial charge on any atom is 0.0316 e. The molecule has 2 aliphatic carbocycles. The minimum Gasteiger partial charge on any atom is -0.399 e. The van der Waals surface area contributed by atoms with Gasteiger partial charge in [0.15, 0.2) is 0 Å². The number of anilines is 1. The van der Waals surface area contributed by atoms with Crippen molar-refractivity contribution in [2.24, 2.45) is 0 Å². The van der Waals surface area contributed by atoms with E-state index in [4.69, 9.17) is 5.73 Å². The number of benzene rings is 1. The van der Waals surface area contributed by atoms with E-state index in [9.17, 15) is 0 Å². The first-order valence-electron chi connectivity index (χ1n) is 5.58. The fraction of sp³-hybridized carbons (Fsp3) is 0.286. The average molecular weight is 197 g/mol. The van der Waals surface area contributed by atoms with E-state index in [-0.39, 0.29) is 0 Å². The van der Waals surface area contributed by atoms with Crippen LogP contribution >= 0.6 is 0 Å². The number of fused-ring (bicyclic) bond motifs is 1. The average Bonchev–Trinajstić information content (AvgIpc) is 2.20. The van der Waals surface area contributed by atoms with E-state index in [2.05, 4.69) is 24.3 Å². The second kappa shape index (κ2) is 3.27. The summed E-state index contributed by atoms with van der Waals surface area (Å²) in [7, 11) is 0. The molecule has 1 heteroatoms. The molecule has 2 aliphatic rings. The number of hydrogen-bond acceptors (Lipinski definition) is 1. The summed E-state index contributed by atoms with van der Waals surface area (Å²) in [6, 6.07) is 8.27. The predicted octanol–water partition coefficient (Wildman–Crippen LogP) is 3.40. The smallest absolute Gasteiger partial charge is 0.0316 e. The van der Waals surface area contributed by atoms with Gasteiger partial charge in [0.1, 0.15) is 0 Å². The molecule has 76 valence electrons. The van der Waals surface area contributed by atoms with Crippen LogP contribution in [0, 0.1) is 0 Å². The van der Waals surface area contributed by atoms with Crippen LogP contribution in [0.1, 0.15) is 30.7 Å². The molecule has 0 heterocycles. The molecular formula is C14H15N. The standard InChI is InChI=1S/C14H15N/c15-14-3-1-2-11(9-14)13-7-5-10-4-6-12(10)8-13/h1-3,5,8-9,13H,4,6-7,15H2/t13-/m0/s1. The highest BCUT2D eigenvalue weighted by atomic mass is 14.5. The molecule has 15 heavy (non-hydrogen) atoms. The maximum atomic E-state index is 5.81. The van der Waals surface area contributed by atoms with Crippen molar-refractivity contribution in [2.75, 3.05) is 5.73 Å². The first-order chi connectivity index (χ1) is 7.33. The van der Waals surface area contributed by atoms with E-state index in [1.54, 1.807) is 11.1 Å². The van der Waals surface area contributed by atoms with Crippen molar-refractivity contribution in [1.29, 1.82) is 0 Å². The van der Waals surface area contributed by atoms with Gasteiger partial charge in [-0.2, -0.15) is 0 Å². The number of allylic oxidation sites excluding steroid dienone is 4. The summed E-state index contributed by atoms with van der Waals surface area (Å²) in [6.07, 6.45) is 8.52. The summed E-state index contributed by atoms with van der Waals surface area (Å²) in [5.74, 6) is 0.549. The summed E-state index contributed by atoms with van der Waals surface area (Å²) in [4.78, 5) is 0. The third-order valence-corrected chi connectivity index (χ3v) is 3.44. The predicted molar refractivity (Wildman–Crippen MR) is 63.6 cm³/mol. The van der Waals surface area contributed by atoms with Crippen LogP contribution in [0.3, 0.4) is 0 Å². The lowest BCUT2D eigenvalue weighted by Gasteiger charge is -2.29. The summed E-state index contributed by atoms with van der Waals surface area (Å²) in [6.45, 7) is 0. The molecule has 0 amide bonds. The van der Waals surface area contributed by atoms with E-state index in [1.807, 2.05) is 12.1 Å². The molecule has 2 N–H and O–H groups in total. The molecule has 1 aromatic rings. The molecule has 0 bridgehead atoms. The van der Waals surface area contributed by atoms with Crippen molar-refractivity contribution in [1.82, 2.24) is 0 Å². The van der Waals surface area contributed by atoms with Gasteiger partial charge in [0.2, 0.25) is 0 Å². The highest BCUT2D eigenvalue weighted by Gasteiger charge is 2.22. The zero-order chi connectivity index (χ0) is 10.3. The molecule has 0 aliphatic heterocycles. The van der Waals surface area contributed by atoms with Crippen LogP contribution in [-0.2, 0) is 0 Å². The Morgan fingerprint density at radius 3 is 2.67 bits per heavy atom. The molecule has 1 fully saturated rings. The van der Waals surface area contributed by atoms with Gasteiger partial charge in [-0.1, -0.05) is 24.3 Å². The first kappa shape index (κ1) is 8.78. The largest absolute Gasteiger partial charge is 0.399 e. The lowest BCUT2D eigenvalue weighted by Crippen LogP contribution is -2.10. The Balaban J connectivity index is 1.90. The summed E-state index contributed by atoms with van der Waals surface area (Å²) >= 11 is 0. The van der Waals surface area contributed by atoms with E-state index < -0.39 is 0 Å². The minimum atomic E-state index is 0.549. The molecular weight excluding hydrogens is 182 g/mol. The van der Waals surface area contributed by atoms with E-state index in [0.717, 1.165) is 12.1 Å². The van der Waals surface area contributed by atoms with Gasteiger partial charge in [-0.15, -0.1) is 0 Å². The highest BCUT2D eigenvalue weighted by Crippen LogP contribution is 2.41. The van der Waals surface area contributed by atoms with Crippen molar-refractivity contribution >= 4 is 5.69 Å². The number of hydrogen-bond donors (Lipinski definition) is 1. The lowest BCUT2D eigenvalue weighted by atomic mass is 9.76. The zero-order valence-corrected chi connectivity index (χ0v) is 8.74. The van der Waals surface area contributed by atoms with Gasteiger partial charge in [-0.25, -0.2) is 0 Å². The number of rotatable bonds is 1. The summed E-state index contributed by atoms with van der Waals surface area (Å²) in [5, 5.41) is 0. The van der Waals surface area contributed by atoms with Gasteiger partial charge in [0.05, 0.1) is 0 Å². The molecule has 0 saturated heterocycles. The van der Waals surface area contributed by atoms with Gasteiger partial charge in [-0.3, -0.25) is 0 Å². The Labute approximate surface area is 90.3 Å².